The lowest BCUT2D eigenvalue weighted by molar-refractivity contribution is -0.155. The monoisotopic (exact) mass is 666 g/mol. The number of rotatable bonds is 14. The predicted octanol–water partition coefficient (Wildman–Crippen LogP) is 6.99. The first-order chi connectivity index (χ1) is 23.6. The summed E-state index contributed by atoms with van der Waals surface area (Å²) in [5, 5.41) is 12.1. The van der Waals surface area contributed by atoms with E-state index in [9.17, 15) is 14.0 Å². The third-order valence-electron chi connectivity index (χ3n) is 8.12. The van der Waals surface area contributed by atoms with Gasteiger partial charge in [0.05, 0.1) is 6.61 Å². The van der Waals surface area contributed by atoms with Gasteiger partial charge < -0.3 is 24.6 Å². The number of carbonyl (C=O) groups excluding carboxylic acids is 2. The van der Waals surface area contributed by atoms with E-state index in [-0.39, 0.29) is 44.1 Å². The van der Waals surface area contributed by atoms with Crippen molar-refractivity contribution in [1.29, 1.82) is 0 Å². The molecule has 0 saturated heterocycles. The Balaban J connectivity index is 1.50. The summed E-state index contributed by atoms with van der Waals surface area (Å²) in [5.74, 6) is -0.389. The largest absolute Gasteiger partial charge is 0.494 e. The number of carbonyl (C=O) groups is 2. The minimum atomic E-state index is -1.55. The van der Waals surface area contributed by atoms with E-state index >= 15 is 0 Å². The van der Waals surface area contributed by atoms with Crippen LogP contribution in [0.3, 0.4) is 0 Å². The molecule has 0 bridgehead atoms. The molecular formula is C40H43FN2O6. The van der Waals surface area contributed by atoms with Crippen LogP contribution < -0.4 is 10.1 Å². The highest BCUT2D eigenvalue weighted by atomic mass is 19.1. The maximum Gasteiger partial charge on any atom is 0.306 e. The number of hydrogen-bond donors (Lipinski definition) is 2. The lowest BCUT2D eigenvalue weighted by atomic mass is 9.83. The van der Waals surface area contributed by atoms with Crippen molar-refractivity contribution in [3.8, 4) is 16.9 Å². The Bertz CT molecular complexity index is 1740. The fourth-order valence-electron chi connectivity index (χ4n) is 5.70. The molecule has 8 nitrogen and oxygen atoms in total. The van der Waals surface area contributed by atoms with Gasteiger partial charge in [0.25, 0.3) is 5.91 Å². The molecule has 0 saturated carbocycles. The van der Waals surface area contributed by atoms with E-state index in [4.69, 9.17) is 24.3 Å². The minimum Gasteiger partial charge on any atom is -0.494 e. The van der Waals surface area contributed by atoms with Crippen LogP contribution in [0, 0.1) is 5.82 Å². The normalized spacial score (nSPS) is 17.2. The number of aliphatic hydroxyl groups excluding tert-OH is 1. The molecule has 256 valence electrons. The van der Waals surface area contributed by atoms with Crippen LogP contribution in [0.2, 0.25) is 0 Å². The molecule has 9 heteroatoms. The lowest BCUT2D eigenvalue weighted by Crippen LogP contribution is -2.49. The van der Waals surface area contributed by atoms with Crippen molar-refractivity contribution >= 4 is 17.8 Å². The molecule has 49 heavy (non-hydrogen) atoms. The van der Waals surface area contributed by atoms with Gasteiger partial charge in [0.2, 0.25) is 5.90 Å². The Morgan fingerprint density at radius 1 is 0.898 bits per heavy atom. The van der Waals surface area contributed by atoms with Crippen LogP contribution in [-0.4, -0.2) is 53.8 Å². The molecule has 1 aliphatic heterocycles. The second-order valence-electron chi connectivity index (χ2n) is 13.0. The maximum absolute atomic E-state index is 14.4. The fraction of sp³-hybridized carbons (Fsp3) is 0.325. The summed E-state index contributed by atoms with van der Waals surface area (Å²) in [6.45, 7) is 5.93. The molecule has 0 unspecified atom stereocenters. The molecule has 2 atom stereocenters. The number of aliphatic imine (C=N–C) groups is 1. The first-order valence-electron chi connectivity index (χ1n) is 16.6. The second kappa shape index (κ2) is 15.9. The number of hydrogen-bond acceptors (Lipinski definition) is 7. The van der Waals surface area contributed by atoms with E-state index in [2.05, 4.69) is 5.32 Å². The molecule has 5 rings (SSSR count). The summed E-state index contributed by atoms with van der Waals surface area (Å²) in [4.78, 5) is 32.4. The molecule has 4 aromatic rings. The third kappa shape index (κ3) is 9.12. The van der Waals surface area contributed by atoms with Crippen LogP contribution in [0.15, 0.2) is 108 Å². The topological polar surface area (TPSA) is 106 Å². The summed E-state index contributed by atoms with van der Waals surface area (Å²) in [7, 11) is 0. The molecule has 0 radical (unpaired) electrons. The second-order valence-corrected chi connectivity index (χ2v) is 13.0. The Morgan fingerprint density at radius 2 is 1.55 bits per heavy atom. The van der Waals surface area contributed by atoms with Gasteiger partial charge >= 0.3 is 5.97 Å². The Hall–Kier alpha value is -5.02. The molecule has 0 aliphatic carbocycles. The van der Waals surface area contributed by atoms with Gasteiger partial charge in [-0.3, -0.25) is 9.59 Å². The van der Waals surface area contributed by atoms with Crippen LogP contribution in [0.5, 0.6) is 5.75 Å². The van der Waals surface area contributed by atoms with Crippen LogP contribution in [0.1, 0.15) is 62.8 Å². The molecule has 0 spiro atoms. The highest BCUT2D eigenvalue weighted by Crippen LogP contribution is 2.44. The predicted molar refractivity (Wildman–Crippen MR) is 187 cm³/mol. The van der Waals surface area contributed by atoms with Gasteiger partial charge in [-0.05, 0) is 86.2 Å². The molecule has 1 aliphatic rings. The van der Waals surface area contributed by atoms with Crippen molar-refractivity contribution in [2.24, 2.45) is 4.99 Å². The first kappa shape index (κ1) is 35.3. The highest BCUT2D eigenvalue weighted by Gasteiger charge is 2.53. The van der Waals surface area contributed by atoms with Gasteiger partial charge in [-0.1, -0.05) is 72.8 Å². The van der Waals surface area contributed by atoms with Crippen LogP contribution in [-0.2, 0) is 25.5 Å². The number of aliphatic hydroxyl groups is 1. The number of ether oxygens (including phenoxy) is 3. The number of halogens is 1. The summed E-state index contributed by atoms with van der Waals surface area (Å²) >= 11 is 0. The van der Waals surface area contributed by atoms with Crippen molar-refractivity contribution < 1.29 is 33.3 Å². The zero-order chi connectivity index (χ0) is 34.9. The van der Waals surface area contributed by atoms with Crippen molar-refractivity contribution in [3.05, 3.63) is 126 Å². The van der Waals surface area contributed by atoms with E-state index < -0.39 is 29.1 Å². The van der Waals surface area contributed by atoms with Crippen molar-refractivity contribution in [2.75, 3.05) is 19.8 Å². The van der Waals surface area contributed by atoms with E-state index in [1.54, 1.807) is 63.2 Å². The standard InChI is InChI=1S/C40H43FN2O6/c1-39(2,3)49-35(45)22-24-40(38(46)42-25-23-30-12-7-8-13-34(30)41)36(31-16-14-29(15-17-31)28-10-5-4-6-11-28)48-37(43-40)32-18-20-33(21-19-32)47-27-9-26-44/h4-8,10-21,36,44H,9,22-27H2,1-3H3,(H,42,46)/t36-,40-/m1/s1. The quantitative estimate of drug-likeness (QED) is 0.111. The number of nitrogens with one attached hydrogen (secondary N) is 1. The zero-order valence-electron chi connectivity index (χ0n) is 28.2. The summed E-state index contributed by atoms with van der Waals surface area (Å²) in [5.41, 5.74) is 1.59. The van der Waals surface area contributed by atoms with Crippen molar-refractivity contribution in [3.63, 3.8) is 0 Å². The Labute approximate surface area is 287 Å². The summed E-state index contributed by atoms with van der Waals surface area (Å²) < 4.78 is 32.3. The molecule has 2 N–H and O–H groups in total. The molecule has 0 fully saturated rings. The van der Waals surface area contributed by atoms with Crippen molar-refractivity contribution in [2.45, 2.75) is 63.7 Å². The lowest BCUT2D eigenvalue weighted by Gasteiger charge is -2.31. The average Bonchev–Trinajstić information content (AvgIpc) is 3.49. The molecular weight excluding hydrogens is 623 g/mol. The van der Waals surface area contributed by atoms with Gasteiger partial charge in [0.15, 0.2) is 11.6 Å². The molecule has 4 aromatic carbocycles. The van der Waals surface area contributed by atoms with Crippen LogP contribution in [0.25, 0.3) is 11.1 Å². The molecule has 1 amide bonds. The number of amides is 1. The first-order valence-corrected chi connectivity index (χ1v) is 16.6. The average molecular weight is 667 g/mol. The van der Waals surface area contributed by atoms with E-state index in [1.165, 1.54) is 6.07 Å². The Kier molecular flexibility index (Phi) is 11.5. The van der Waals surface area contributed by atoms with E-state index in [0.717, 1.165) is 11.1 Å². The van der Waals surface area contributed by atoms with Crippen LogP contribution in [0.4, 0.5) is 4.39 Å². The maximum atomic E-state index is 14.4. The highest BCUT2D eigenvalue weighted by molar-refractivity contribution is 6.01. The fourth-order valence-corrected chi connectivity index (χ4v) is 5.70. The number of esters is 1. The number of nitrogens with zero attached hydrogens (tertiary/aromatic N) is 1. The van der Waals surface area contributed by atoms with Crippen LogP contribution >= 0.6 is 0 Å². The van der Waals surface area contributed by atoms with Gasteiger partial charge in [-0.25, -0.2) is 9.38 Å². The van der Waals surface area contributed by atoms with Crippen molar-refractivity contribution in [1.82, 2.24) is 5.32 Å². The summed E-state index contributed by atoms with van der Waals surface area (Å²) in [6, 6.07) is 31.3. The minimum absolute atomic E-state index is 0.00437. The van der Waals surface area contributed by atoms with Gasteiger partial charge in [-0.2, -0.15) is 0 Å². The summed E-state index contributed by atoms with van der Waals surface area (Å²) in [6.07, 6.45) is -0.192. The van der Waals surface area contributed by atoms with E-state index in [1.807, 2.05) is 54.6 Å². The SMILES string of the molecule is CC(C)(C)OC(=O)CC[C@@]1(C(=O)NCCc2ccccc2F)N=C(c2ccc(OCCCO)cc2)O[C@@H]1c1ccc(-c2ccccc2)cc1. The molecule has 1 heterocycles. The van der Waals surface area contributed by atoms with Gasteiger partial charge in [0.1, 0.15) is 17.2 Å². The molecule has 0 aromatic heterocycles. The Morgan fingerprint density at radius 3 is 2.22 bits per heavy atom. The van der Waals surface area contributed by atoms with Gasteiger partial charge in [0, 0.05) is 31.6 Å². The zero-order valence-corrected chi connectivity index (χ0v) is 28.2. The number of benzene rings is 4. The van der Waals surface area contributed by atoms with E-state index in [0.29, 0.717) is 35.5 Å². The third-order valence-corrected chi connectivity index (χ3v) is 8.12. The van der Waals surface area contributed by atoms with Gasteiger partial charge in [-0.15, -0.1) is 0 Å². The smallest absolute Gasteiger partial charge is 0.306 e.